The monoisotopic (exact) mass is 184 g/mol. The van der Waals surface area contributed by atoms with Crippen molar-refractivity contribution in [3.63, 3.8) is 0 Å². The number of furan rings is 1. The van der Waals surface area contributed by atoms with Gasteiger partial charge in [0.1, 0.15) is 5.58 Å². The second-order valence-electron chi connectivity index (χ2n) is 3.22. The third kappa shape index (κ3) is 0.893. The first-order valence-corrected chi connectivity index (χ1v) is 4.37. The topological polar surface area (TPSA) is 52.0 Å². The SMILES string of the molecule is Nc1cnc2oc3ccccc3c2c1. The third-order valence-electron chi connectivity index (χ3n) is 2.26. The Morgan fingerprint density at radius 2 is 2.00 bits per heavy atom. The van der Waals surface area contributed by atoms with Crippen LogP contribution in [-0.4, -0.2) is 4.98 Å². The number of benzene rings is 1. The Bertz CT molecular complexity index is 613. The molecule has 0 fully saturated rings. The van der Waals surface area contributed by atoms with Crippen LogP contribution in [0.5, 0.6) is 0 Å². The zero-order valence-corrected chi connectivity index (χ0v) is 7.40. The van der Waals surface area contributed by atoms with E-state index in [-0.39, 0.29) is 0 Å². The van der Waals surface area contributed by atoms with Gasteiger partial charge in [-0.2, -0.15) is 0 Å². The van der Waals surface area contributed by atoms with Gasteiger partial charge in [0.15, 0.2) is 0 Å². The minimum atomic E-state index is 0.639. The molecule has 68 valence electrons. The first-order chi connectivity index (χ1) is 6.84. The van der Waals surface area contributed by atoms with Crippen LogP contribution in [0.25, 0.3) is 22.1 Å². The second-order valence-corrected chi connectivity index (χ2v) is 3.22. The van der Waals surface area contributed by atoms with Crippen LogP contribution in [0.3, 0.4) is 0 Å². The van der Waals surface area contributed by atoms with Crippen LogP contribution in [0.15, 0.2) is 40.9 Å². The molecule has 0 atom stereocenters. The predicted molar refractivity (Wildman–Crippen MR) is 55.9 cm³/mol. The molecule has 0 spiro atoms. The van der Waals surface area contributed by atoms with Crippen molar-refractivity contribution in [3.8, 4) is 0 Å². The maximum atomic E-state index is 5.67. The molecule has 2 N–H and O–H groups in total. The molecule has 0 saturated carbocycles. The normalized spacial score (nSPS) is 11.1. The summed E-state index contributed by atoms with van der Waals surface area (Å²) in [6, 6.07) is 9.72. The molecule has 3 rings (SSSR count). The van der Waals surface area contributed by atoms with Gasteiger partial charge >= 0.3 is 0 Å². The van der Waals surface area contributed by atoms with Crippen LogP contribution < -0.4 is 5.73 Å². The van der Waals surface area contributed by atoms with Gasteiger partial charge in [-0.05, 0) is 12.1 Å². The molecule has 0 radical (unpaired) electrons. The molecule has 3 heteroatoms. The average Bonchev–Trinajstić information content (AvgIpc) is 2.56. The fourth-order valence-corrected chi connectivity index (χ4v) is 1.62. The van der Waals surface area contributed by atoms with E-state index in [0.717, 1.165) is 16.4 Å². The highest BCUT2D eigenvalue weighted by atomic mass is 16.3. The molecule has 0 aliphatic rings. The number of nitrogen functional groups attached to an aromatic ring is 1. The van der Waals surface area contributed by atoms with E-state index in [1.807, 2.05) is 30.3 Å². The quantitative estimate of drug-likeness (QED) is 0.584. The van der Waals surface area contributed by atoms with Crippen LogP contribution in [0, 0.1) is 0 Å². The summed E-state index contributed by atoms with van der Waals surface area (Å²) in [5.41, 5.74) is 7.81. The van der Waals surface area contributed by atoms with Crippen LogP contribution in [-0.2, 0) is 0 Å². The fraction of sp³-hybridized carbons (Fsp3) is 0. The smallest absolute Gasteiger partial charge is 0.227 e. The minimum Gasteiger partial charge on any atom is -0.438 e. The third-order valence-corrected chi connectivity index (χ3v) is 2.26. The summed E-state index contributed by atoms with van der Waals surface area (Å²) < 4.78 is 5.54. The number of nitrogens with two attached hydrogens (primary N) is 1. The minimum absolute atomic E-state index is 0.639. The summed E-state index contributed by atoms with van der Waals surface area (Å²) in [4.78, 5) is 4.13. The van der Waals surface area contributed by atoms with Crippen molar-refractivity contribution in [2.45, 2.75) is 0 Å². The number of rotatable bonds is 0. The van der Waals surface area contributed by atoms with E-state index in [9.17, 15) is 0 Å². The predicted octanol–water partition coefficient (Wildman–Crippen LogP) is 2.56. The molecule has 2 aromatic heterocycles. The number of hydrogen-bond donors (Lipinski definition) is 1. The second kappa shape index (κ2) is 2.48. The van der Waals surface area contributed by atoms with Crippen LogP contribution in [0.2, 0.25) is 0 Å². The van der Waals surface area contributed by atoms with Crippen LogP contribution in [0.1, 0.15) is 0 Å². The summed E-state index contributed by atoms with van der Waals surface area (Å²) >= 11 is 0. The van der Waals surface area contributed by atoms with Crippen molar-refractivity contribution >= 4 is 27.8 Å². The van der Waals surface area contributed by atoms with E-state index in [1.54, 1.807) is 6.20 Å². The standard InChI is InChI=1S/C11H8N2O/c12-7-5-9-8-3-1-2-4-10(8)14-11(9)13-6-7/h1-6H,12H2. The Morgan fingerprint density at radius 1 is 1.14 bits per heavy atom. The molecule has 1 aromatic carbocycles. The number of nitrogens with zero attached hydrogens (tertiary/aromatic N) is 1. The summed E-state index contributed by atoms with van der Waals surface area (Å²) in [5.74, 6) is 0. The highest BCUT2D eigenvalue weighted by molar-refractivity contribution is 6.04. The lowest BCUT2D eigenvalue weighted by molar-refractivity contribution is 0.654. The molecule has 0 unspecified atom stereocenters. The van der Waals surface area contributed by atoms with Gasteiger partial charge in [-0.3, -0.25) is 0 Å². The van der Waals surface area contributed by atoms with Gasteiger partial charge in [0.25, 0.3) is 0 Å². The summed E-state index contributed by atoms with van der Waals surface area (Å²) in [7, 11) is 0. The van der Waals surface area contributed by atoms with E-state index in [4.69, 9.17) is 10.2 Å². The van der Waals surface area contributed by atoms with Gasteiger partial charge in [0, 0.05) is 5.39 Å². The van der Waals surface area contributed by atoms with E-state index in [1.165, 1.54) is 0 Å². The van der Waals surface area contributed by atoms with Crippen molar-refractivity contribution in [1.29, 1.82) is 0 Å². The molecule has 0 amide bonds. The van der Waals surface area contributed by atoms with Gasteiger partial charge in [0.2, 0.25) is 5.71 Å². The Hall–Kier alpha value is -2.03. The Balaban J connectivity index is 2.58. The molecule has 3 aromatic rings. The Kier molecular flexibility index (Phi) is 1.31. The lowest BCUT2D eigenvalue weighted by Crippen LogP contribution is -1.84. The van der Waals surface area contributed by atoms with Crippen molar-refractivity contribution in [1.82, 2.24) is 4.98 Å². The number of fused-ring (bicyclic) bond motifs is 3. The fourth-order valence-electron chi connectivity index (χ4n) is 1.62. The number of pyridine rings is 1. The maximum Gasteiger partial charge on any atom is 0.227 e. The summed E-state index contributed by atoms with van der Waals surface area (Å²) in [6.45, 7) is 0. The molecule has 0 aliphatic heterocycles. The summed E-state index contributed by atoms with van der Waals surface area (Å²) in [6.07, 6.45) is 1.60. The zero-order chi connectivity index (χ0) is 9.54. The van der Waals surface area contributed by atoms with Gasteiger partial charge in [0.05, 0.1) is 17.3 Å². The van der Waals surface area contributed by atoms with Crippen LogP contribution in [0.4, 0.5) is 5.69 Å². The molecule has 0 saturated heterocycles. The lowest BCUT2D eigenvalue weighted by atomic mass is 10.2. The Labute approximate surface area is 80.1 Å². The molecule has 2 heterocycles. The molecular formula is C11H8N2O. The van der Waals surface area contributed by atoms with Crippen molar-refractivity contribution in [2.24, 2.45) is 0 Å². The number of anilines is 1. The van der Waals surface area contributed by atoms with E-state index < -0.39 is 0 Å². The van der Waals surface area contributed by atoms with Gasteiger partial charge < -0.3 is 10.2 Å². The van der Waals surface area contributed by atoms with E-state index in [0.29, 0.717) is 11.4 Å². The molecule has 0 aliphatic carbocycles. The van der Waals surface area contributed by atoms with E-state index >= 15 is 0 Å². The number of hydrogen-bond acceptors (Lipinski definition) is 3. The Morgan fingerprint density at radius 3 is 2.93 bits per heavy atom. The van der Waals surface area contributed by atoms with Crippen molar-refractivity contribution < 1.29 is 4.42 Å². The van der Waals surface area contributed by atoms with Crippen molar-refractivity contribution in [2.75, 3.05) is 5.73 Å². The van der Waals surface area contributed by atoms with Crippen LogP contribution >= 0.6 is 0 Å². The van der Waals surface area contributed by atoms with Gasteiger partial charge in [-0.1, -0.05) is 18.2 Å². The number of para-hydroxylation sites is 1. The largest absolute Gasteiger partial charge is 0.438 e. The van der Waals surface area contributed by atoms with Gasteiger partial charge in [-0.15, -0.1) is 0 Å². The first kappa shape index (κ1) is 7.38. The maximum absolute atomic E-state index is 5.67. The molecule has 14 heavy (non-hydrogen) atoms. The van der Waals surface area contributed by atoms with E-state index in [2.05, 4.69) is 4.98 Å². The molecular weight excluding hydrogens is 176 g/mol. The molecule has 3 nitrogen and oxygen atoms in total. The zero-order valence-electron chi connectivity index (χ0n) is 7.40. The highest BCUT2D eigenvalue weighted by Gasteiger charge is 2.06. The number of aromatic nitrogens is 1. The summed E-state index contributed by atoms with van der Waals surface area (Å²) in [5, 5.41) is 2.03. The molecule has 0 bridgehead atoms. The first-order valence-electron chi connectivity index (χ1n) is 4.37. The van der Waals surface area contributed by atoms with Crippen molar-refractivity contribution in [3.05, 3.63) is 36.5 Å². The van der Waals surface area contributed by atoms with Gasteiger partial charge in [-0.25, -0.2) is 4.98 Å². The lowest BCUT2D eigenvalue weighted by Gasteiger charge is -1.90. The average molecular weight is 184 g/mol. The highest BCUT2D eigenvalue weighted by Crippen LogP contribution is 2.27.